The molecule has 1 saturated heterocycles. The van der Waals surface area contributed by atoms with Crippen LogP contribution in [0.3, 0.4) is 0 Å². The molecular weight excluding hydrogens is 676 g/mol. The van der Waals surface area contributed by atoms with Gasteiger partial charge >= 0.3 is 18.2 Å². The summed E-state index contributed by atoms with van der Waals surface area (Å²) >= 11 is 6.39. The van der Waals surface area contributed by atoms with Gasteiger partial charge < -0.3 is 24.8 Å². The highest BCUT2D eigenvalue weighted by molar-refractivity contribution is 6.33. The maximum absolute atomic E-state index is 15.3. The van der Waals surface area contributed by atoms with Crippen molar-refractivity contribution in [1.29, 1.82) is 0 Å². The largest absolute Gasteiger partial charge is 0.465 e. The molecule has 1 saturated carbocycles. The number of methoxy groups -OCH3 is 1. The van der Waals surface area contributed by atoms with Crippen LogP contribution in [0.15, 0.2) is 66.0 Å². The number of hydrogen-bond acceptors (Lipinski definition) is 9. The summed E-state index contributed by atoms with van der Waals surface area (Å²) < 4.78 is 16.2. The van der Waals surface area contributed by atoms with Gasteiger partial charge in [0.05, 0.1) is 35.6 Å². The van der Waals surface area contributed by atoms with Crippen LogP contribution in [-0.4, -0.2) is 70.2 Å². The van der Waals surface area contributed by atoms with Crippen molar-refractivity contribution < 1.29 is 33.4 Å². The number of carbonyl (C=O) groups excluding carboxylic acids is 4. The zero-order valence-electron chi connectivity index (χ0n) is 29.8. The fourth-order valence-electron chi connectivity index (χ4n) is 5.86. The quantitative estimate of drug-likeness (QED) is 0.183. The number of alkyl carbamates (subject to hydrolysis) is 1. The number of esters is 1. The predicted molar refractivity (Wildman–Crippen MR) is 190 cm³/mol. The van der Waals surface area contributed by atoms with Gasteiger partial charge in [-0.2, -0.15) is 0 Å². The van der Waals surface area contributed by atoms with E-state index in [1.807, 2.05) is 45.0 Å². The van der Waals surface area contributed by atoms with Crippen molar-refractivity contribution in [2.24, 2.45) is 10.4 Å². The Hall–Kier alpha value is -5.04. The minimum Gasteiger partial charge on any atom is -0.465 e. The van der Waals surface area contributed by atoms with Gasteiger partial charge in [-0.1, -0.05) is 62.7 Å². The zero-order valence-corrected chi connectivity index (χ0v) is 30.5. The number of aliphatic imine (C=N–C) groups is 1. The van der Waals surface area contributed by atoms with Crippen molar-refractivity contribution in [2.45, 2.75) is 84.0 Å². The van der Waals surface area contributed by atoms with E-state index in [1.165, 1.54) is 24.1 Å². The Kier molecular flexibility index (Phi) is 10.7. The number of nitrogens with one attached hydrogen (secondary N) is 2. The third-order valence-electron chi connectivity index (χ3n) is 8.12. The molecule has 3 aromatic rings. The molecule has 2 aliphatic rings. The number of amides is 3. The van der Waals surface area contributed by atoms with E-state index in [2.05, 4.69) is 25.6 Å². The normalized spacial score (nSPS) is 18.9. The number of halogens is 1. The van der Waals surface area contributed by atoms with Crippen molar-refractivity contribution >= 4 is 41.6 Å². The molecule has 2 atom stereocenters. The maximum atomic E-state index is 15.3. The summed E-state index contributed by atoms with van der Waals surface area (Å²) in [5, 5.41) is 6.22. The SMILES string of the molecule is COC(=O)c1cc([C@@H](COC(=O)NC2CC2)N2C(=O)C(CC(C)(C)C)(c3ccc(-c4cnccn4)cc3)NC2=NC(=O)OC(C)(C)C)ccc1Cl. The van der Waals surface area contributed by atoms with E-state index >= 15 is 4.79 Å². The highest BCUT2D eigenvalue weighted by atomic mass is 35.5. The molecule has 2 heterocycles. The summed E-state index contributed by atoms with van der Waals surface area (Å²) in [6, 6.07) is 10.8. The van der Waals surface area contributed by atoms with Crippen LogP contribution in [-0.2, 0) is 24.5 Å². The van der Waals surface area contributed by atoms with Crippen LogP contribution in [0, 0.1) is 5.41 Å². The summed E-state index contributed by atoms with van der Waals surface area (Å²) in [5.74, 6) is -1.30. The fraction of sp³-hybridized carbons (Fsp3) is 0.432. The first-order chi connectivity index (χ1) is 24.0. The van der Waals surface area contributed by atoms with E-state index in [9.17, 15) is 14.4 Å². The van der Waals surface area contributed by atoms with Crippen molar-refractivity contribution in [3.63, 3.8) is 0 Å². The first-order valence-electron chi connectivity index (χ1n) is 16.6. The number of carbonyl (C=O) groups is 4. The molecule has 1 aromatic heterocycles. The van der Waals surface area contributed by atoms with Crippen LogP contribution in [0.5, 0.6) is 0 Å². The number of ether oxygens (including phenoxy) is 3. The summed E-state index contributed by atoms with van der Waals surface area (Å²) in [6.45, 7) is 10.7. The van der Waals surface area contributed by atoms with Gasteiger partial charge in [0.15, 0.2) is 0 Å². The third kappa shape index (κ3) is 9.01. The molecule has 51 heavy (non-hydrogen) atoms. The lowest BCUT2D eigenvalue weighted by Crippen LogP contribution is -2.47. The molecule has 1 aliphatic heterocycles. The Morgan fingerprint density at radius 3 is 2.37 bits per heavy atom. The smallest absolute Gasteiger partial charge is 0.437 e. The lowest BCUT2D eigenvalue weighted by Gasteiger charge is -2.35. The van der Waals surface area contributed by atoms with Crippen LogP contribution in [0.2, 0.25) is 5.02 Å². The van der Waals surface area contributed by atoms with Crippen molar-refractivity contribution in [2.75, 3.05) is 13.7 Å². The summed E-state index contributed by atoms with van der Waals surface area (Å²) in [6.07, 6.45) is 5.15. The van der Waals surface area contributed by atoms with Gasteiger partial charge in [0.1, 0.15) is 17.7 Å². The summed E-state index contributed by atoms with van der Waals surface area (Å²) in [7, 11) is 1.23. The molecule has 2 N–H and O–H groups in total. The average Bonchev–Trinajstić information content (AvgIpc) is 3.84. The van der Waals surface area contributed by atoms with Crippen molar-refractivity contribution in [3.05, 3.63) is 82.8 Å². The van der Waals surface area contributed by atoms with Gasteiger partial charge in [0.2, 0.25) is 5.96 Å². The first-order valence-corrected chi connectivity index (χ1v) is 17.0. The monoisotopic (exact) mass is 718 g/mol. The minimum atomic E-state index is -1.45. The Balaban J connectivity index is 1.67. The Morgan fingerprint density at radius 2 is 1.78 bits per heavy atom. The Labute approximate surface area is 302 Å². The number of benzene rings is 2. The van der Waals surface area contributed by atoms with Crippen LogP contribution >= 0.6 is 11.6 Å². The van der Waals surface area contributed by atoms with Crippen molar-refractivity contribution in [1.82, 2.24) is 25.5 Å². The summed E-state index contributed by atoms with van der Waals surface area (Å²) in [5.41, 5.74) is -0.342. The predicted octanol–water partition coefficient (Wildman–Crippen LogP) is 6.57. The Morgan fingerprint density at radius 1 is 1.08 bits per heavy atom. The average molecular weight is 719 g/mol. The second-order valence-corrected chi connectivity index (χ2v) is 15.2. The third-order valence-corrected chi connectivity index (χ3v) is 8.45. The zero-order chi connectivity index (χ0) is 37.1. The van der Waals surface area contributed by atoms with Crippen LogP contribution in [0.1, 0.15) is 88.3 Å². The highest BCUT2D eigenvalue weighted by Crippen LogP contribution is 2.43. The lowest BCUT2D eigenvalue weighted by atomic mass is 9.75. The molecule has 1 aliphatic carbocycles. The van der Waals surface area contributed by atoms with Crippen LogP contribution in [0.25, 0.3) is 11.3 Å². The summed E-state index contributed by atoms with van der Waals surface area (Å²) in [4.78, 5) is 68.3. The number of aromatic nitrogens is 2. The molecule has 13 nitrogen and oxygen atoms in total. The highest BCUT2D eigenvalue weighted by Gasteiger charge is 2.55. The second kappa shape index (κ2) is 14.7. The van der Waals surface area contributed by atoms with E-state index in [1.54, 1.807) is 45.4 Å². The molecular formula is C37H43ClN6O7. The number of rotatable bonds is 9. The molecule has 3 amide bonds. The number of nitrogens with zero attached hydrogens (tertiary/aromatic N) is 4. The van der Waals surface area contributed by atoms with E-state index < -0.39 is 46.7 Å². The van der Waals surface area contributed by atoms with E-state index in [0.717, 1.165) is 18.4 Å². The van der Waals surface area contributed by atoms with Gasteiger partial charge in [0.25, 0.3) is 5.91 Å². The lowest BCUT2D eigenvalue weighted by molar-refractivity contribution is -0.134. The second-order valence-electron chi connectivity index (χ2n) is 14.8. The van der Waals surface area contributed by atoms with Gasteiger partial charge in [0, 0.05) is 24.0 Å². The van der Waals surface area contributed by atoms with Crippen LogP contribution < -0.4 is 10.6 Å². The van der Waals surface area contributed by atoms with Crippen LogP contribution in [0.4, 0.5) is 9.59 Å². The molecule has 5 rings (SSSR count). The van der Waals surface area contributed by atoms with Crippen molar-refractivity contribution in [3.8, 4) is 11.3 Å². The molecule has 2 aromatic carbocycles. The fourth-order valence-corrected chi connectivity index (χ4v) is 6.06. The van der Waals surface area contributed by atoms with Gasteiger partial charge in [-0.25, -0.2) is 14.4 Å². The van der Waals surface area contributed by atoms with E-state index in [4.69, 9.17) is 25.8 Å². The van der Waals surface area contributed by atoms with Gasteiger partial charge in [-0.05, 0) is 68.7 Å². The molecule has 270 valence electrons. The maximum Gasteiger partial charge on any atom is 0.437 e. The Bertz CT molecular complexity index is 1820. The van der Waals surface area contributed by atoms with E-state index in [0.29, 0.717) is 16.8 Å². The molecule has 0 bridgehead atoms. The molecule has 0 spiro atoms. The molecule has 1 unspecified atom stereocenters. The minimum absolute atomic E-state index is 0.0149. The topological polar surface area (TPSA) is 161 Å². The van der Waals surface area contributed by atoms with Gasteiger partial charge in [-0.15, -0.1) is 4.99 Å². The molecule has 0 radical (unpaired) electrons. The molecule has 2 fully saturated rings. The number of hydrogen-bond donors (Lipinski definition) is 2. The standard InChI is InChI=1S/C37H43ClN6O7/c1-35(2,3)21-37(24-11-8-22(9-12-24)28-19-39-16-17-40-28)31(46)44(32(43-37)42-34(48)51-36(4,5)6)29(20-50-33(47)41-25-13-14-25)23-10-15-27(38)26(18-23)30(45)49-7/h8-12,15-19,25,29H,13-14,20-21H2,1-7H3,(H,41,47)(H,42,43,48)/t29-,37?/m1/s1. The van der Waals surface area contributed by atoms with Gasteiger partial charge in [-0.3, -0.25) is 19.7 Å². The first kappa shape index (κ1) is 37.2. The van der Waals surface area contributed by atoms with E-state index in [-0.39, 0.29) is 35.6 Å². The number of guanidine groups is 1. The molecule has 14 heteroatoms.